The number of alkyl carbamates (subject to hydrolysis) is 1. The smallest absolute Gasteiger partial charge is 0.407 e. The number of carbonyl (C=O) groups excluding carboxylic acids is 1. The van der Waals surface area contributed by atoms with Gasteiger partial charge in [-0.15, -0.1) is 0 Å². The van der Waals surface area contributed by atoms with Crippen LogP contribution in [0.3, 0.4) is 0 Å². The Morgan fingerprint density at radius 1 is 1.33 bits per heavy atom. The van der Waals surface area contributed by atoms with Gasteiger partial charge in [0.15, 0.2) is 11.6 Å². The van der Waals surface area contributed by atoms with Crippen LogP contribution in [-0.2, 0) is 4.74 Å². The van der Waals surface area contributed by atoms with Crippen molar-refractivity contribution in [2.75, 3.05) is 6.61 Å². The van der Waals surface area contributed by atoms with Gasteiger partial charge in [-0.3, -0.25) is 0 Å². The van der Waals surface area contributed by atoms with Gasteiger partial charge < -0.3 is 10.1 Å². The second kappa shape index (κ2) is 3.84. The normalized spacial score (nSPS) is 20.7. The Kier molecular flexibility index (Phi) is 2.53. The third-order valence-electron chi connectivity index (χ3n) is 2.28. The Hall–Kier alpha value is -1.65. The Bertz CT molecular complexity index is 395. The minimum absolute atomic E-state index is 0.287. The van der Waals surface area contributed by atoms with Gasteiger partial charge in [-0.2, -0.15) is 0 Å². The Balaban J connectivity index is 2.21. The monoisotopic (exact) mass is 213 g/mol. The molecule has 0 saturated carbocycles. The van der Waals surface area contributed by atoms with Gasteiger partial charge in [0.05, 0.1) is 12.6 Å². The van der Waals surface area contributed by atoms with E-state index in [1.165, 1.54) is 6.07 Å². The van der Waals surface area contributed by atoms with E-state index in [4.69, 9.17) is 0 Å². The SMILES string of the molecule is O=C1N[C@@H](c2ccc(F)c(F)c2)CCO1. The molecule has 0 aliphatic carbocycles. The minimum Gasteiger partial charge on any atom is -0.449 e. The molecule has 0 bridgehead atoms. The molecule has 1 amide bonds. The second-order valence-corrected chi connectivity index (χ2v) is 3.30. The van der Waals surface area contributed by atoms with Crippen molar-refractivity contribution in [3.8, 4) is 0 Å². The molecule has 1 atom stereocenters. The third kappa shape index (κ3) is 2.06. The highest BCUT2D eigenvalue weighted by Crippen LogP contribution is 2.21. The maximum Gasteiger partial charge on any atom is 0.407 e. The van der Waals surface area contributed by atoms with Crippen molar-refractivity contribution in [3.63, 3.8) is 0 Å². The van der Waals surface area contributed by atoms with Crippen molar-refractivity contribution in [1.29, 1.82) is 0 Å². The summed E-state index contributed by atoms with van der Waals surface area (Å²) in [6, 6.07) is 3.29. The number of nitrogens with one attached hydrogen (secondary N) is 1. The standard InChI is InChI=1S/C10H9F2NO2/c11-7-2-1-6(5-8(7)12)9-3-4-15-10(14)13-9/h1-2,5,9H,3-4H2,(H,13,14)/t9-/m1/s1. The lowest BCUT2D eigenvalue weighted by Gasteiger charge is -2.23. The van der Waals surface area contributed by atoms with E-state index in [1.54, 1.807) is 0 Å². The molecule has 0 unspecified atom stereocenters. The topological polar surface area (TPSA) is 38.3 Å². The van der Waals surface area contributed by atoms with Crippen LogP contribution in [0.5, 0.6) is 0 Å². The van der Waals surface area contributed by atoms with Crippen molar-refractivity contribution in [2.24, 2.45) is 0 Å². The molecule has 3 nitrogen and oxygen atoms in total. The Morgan fingerprint density at radius 3 is 2.80 bits per heavy atom. The van der Waals surface area contributed by atoms with Crippen molar-refractivity contribution in [2.45, 2.75) is 12.5 Å². The summed E-state index contributed by atoms with van der Waals surface area (Å²) in [5.74, 6) is -1.80. The molecule has 1 aliphatic heterocycles. The van der Waals surface area contributed by atoms with Crippen LogP contribution >= 0.6 is 0 Å². The fourth-order valence-electron chi connectivity index (χ4n) is 1.50. The largest absolute Gasteiger partial charge is 0.449 e. The number of cyclic esters (lactones) is 1. The number of rotatable bonds is 1. The van der Waals surface area contributed by atoms with Crippen molar-refractivity contribution in [3.05, 3.63) is 35.4 Å². The lowest BCUT2D eigenvalue weighted by molar-refractivity contribution is 0.115. The van der Waals surface area contributed by atoms with Gasteiger partial charge in [-0.1, -0.05) is 6.07 Å². The van der Waals surface area contributed by atoms with Gasteiger partial charge in [0.25, 0.3) is 0 Å². The first-order valence-electron chi connectivity index (χ1n) is 4.55. The summed E-state index contributed by atoms with van der Waals surface area (Å²) < 4.78 is 30.2. The molecule has 1 aromatic carbocycles. The van der Waals surface area contributed by atoms with Crippen LogP contribution in [0.15, 0.2) is 18.2 Å². The van der Waals surface area contributed by atoms with E-state index in [-0.39, 0.29) is 12.6 Å². The van der Waals surface area contributed by atoms with Crippen molar-refractivity contribution >= 4 is 6.09 Å². The zero-order chi connectivity index (χ0) is 10.8. The van der Waals surface area contributed by atoms with Crippen LogP contribution in [0.1, 0.15) is 18.0 Å². The molecule has 5 heteroatoms. The summed E-state index contributed by atoms with van der Waals surface area (Å²) in [7, 11) is 0. The molecule has 2 rings (SSSR count). The molecule has 1 N–H and O–H groups in total. The lowest BCUT2D eigenvalue weighted by Crippen LogP contribution is -2.35. The van der Waals surface area contributed by atoms with E-state index < -0.39 is 17.7 Å². The fraction of sp³-hybridized carbons (Fsp3) is 0.300. The predicted molar refractivity (Wildman–Crippen MR) is 48.2 cm³/mol. The second-order valence-electron chi connectivity index (χ2n) is 3.30. The van der Waals surface area contributed by atoms with E-state index in [2.05, 4.69) is 10.1 Å². The summed E-state index contributed by atoms with van der Waals surface area (Å²) in [4.78, 5) is 10.9. The van der Waals surface area contributed by atoms with Gasteiger partial charge in [-0.25, -0.2) is 13.6 Å². The number of benzene rings is 1. The molecule has 1 aliphatic rings. The van der Waals surface area contributed by atoms with Crippen LogP contribution < -0.4 is 5.32 Å². The molecule has 1 heterocycles. The molecular formula is C10H9F2NO2. The van der Waals surface area contributed by atoms with E-state index in [1.807, 2.05) is 0 Å². The molecule has 1 fully saturated rings. The maximum atomic E-state index is 12.9. The molecule has 0 radical (unpaired) electrons. The highest BCUT2D eigenvalue weighted by atomic mass is 19.2. The fourth-order valence-corrected chi connectivity index (χ4v) is 1.50. The molecule has 15 heavy (non-hydrogen) atoms. The van der Waals surface area contributed by atoms with Gasteiger partial charge >= 0.3 is 6.09 Å². The Morgan fingerprint density at radius 2 is 2.13 bits per heavy atom. The average Bonchev–Trinajstić information content (AvgIpc) is 2.22. The zero-order valence-corrected chi connectivity index (χ0v) is 7.80. The highest BCUT2D eigenvalue weighted by molar-refractivity contribution is 5.68. The minimum atomic E-state index is -0.909. The molecule has 1 aromatic rings. The van der Waals surface area contributed by atoms with Crippen LogP contribution in [-0.4, -0.2) is 12.7 Å². The van der Waals surface area contributed by atoms with E-state index >= 15 is 0 Å². The van der Waals surface area contributed by atoms with E-state index in [9.17, 15) is 13.6 Å². The van der Waals surface area contributed by atoms with Crippen LogP contribution in [0.25, 0.3) is 0 Å². The van der Waals surface area contributed by atoms with E-state index in [0.717, 1.165) is 12.1 Å². The van der Waals surface area contributed by atoms with Crippen LogP contribution in [0.2, 0.25) is 0 Å². The molecule has 1 saturated heterocycles. The summed E-state index contributed by atoms with van der Waals surface area (Å²) >= 11 is 0. The molecule has 0 spiro atoms. The number of halogens is 2. The summed E-state index contributed by atoms with van der Waals surface area (Å²) in [6.45, 7) is 0.287. The summed E-state index contributed by atoms with van der Waals surface area (Å²) in [6.07, 6.45) is 0.0209. The number of ether oxygens (including phenoxy) is 1. The molecule has 0 aromatic heterocycles. The van der Waals surface area contributed by atoms with E-state index in [0.29, 0.717) is 12.0 Å². The first-order valence-corrected chi connectivity index (χ1v) is 4.55. The number of hydrogen-bond acceptors (Lipinski definition) is 2. The first kappa shape index (κ1) is 9.89. The van der Waals surface area contributed by atoms with Crippen LogP contribution in [0.4, 0.5) is 13.6 Å². The lowest BCUT2D eigenvalue weighted by atomic mass is 10.0. The predicted octanol–water partition coefficient (Wildman–Crippen LogP) is 2.14. The molecule has 80 valence electrons. The summed E-state index contributed by atoms with van der Waals surface area (Å²) in [5, 5.41) is 2.53. The third-order valence-corrected chi connectivity index (χ3v) is 2.28. The van der Waals surface area contributed by atoms with Crippen LogP contribution in [0, 0.1) is 11.6 Å². The highest BCUT2D eigenvalue weighted by Gasteiger charge is 2.21. The average molecular weight is 213 g/mol. The quantitative estimate of drug-likeness (QED) is 0.776. The number of hydrogen-bond donors (Lipinski definition) is 1. The van der Waals surface area contributed by atoms with Gasteiger partial charge in [0, 0.05) is 6.42 Å². The first-order chi connectivity index (χ1) is 7.16. The number of carbonyl (C=O) groups is 1. The number of amides is 1. The van der Waals surface area contributed by atoms with Gasteiger partial charge in [0.2, 0.25) is 0 Å². The Labute approximate surface area is 85.0 Å². The van der Waals surface area contributed by atoms with Crippen molar-refractivity contribution in [1.82, 2.24) is 5.32 Å². The van der Waals surface area contributed by atoms with Crippen molar-refractivity contribution < 1.29 is 18.3 Å². The molecular weight excluding hydrogens is 204 g/mol. The van der Waals surface area contributed by atoms with Gasteiger partial charge in [0.1, 0.15) is 0 Å². The maximum absolute atomic E-state index is 12.9. The summed E-state index contributed by atoms with van der Waals surface area (Å²) in [5.41, 5.74) is 0.547. The zero-order valence-electron chi connectivity index (χ0n) is 7.80. The van der Waals surface area contributed by atoms with Gasteiger partial charge in [-0.05, 0) is 17.7 Å².